The molecule has 3 rings (SSSR count). The van der Waals surface area contributed by atoms with Crippen LogP contribution in [0.1, 0.15) is 45.1 Å². The van der Waals surface area contributed by atoms with Crippen LogP contribution in [0.25, 0.3) is 0 Å². The largest absolute Gasteiger partial charge is 0.341 e. The Balaban J connectivity index is 1.89. The van der Waals surface area contributed by atoms with Crippen LogP contribution in [0, 0.1) is 17.7 Å². The number of carbonyl (C=O) groups excluding carboxylic acids is 1. The number of amides is 1. The topological polar surface area (TPSA) is 20.3 Å². The molecule has 0 N–H and O–H groups in total. The highest BCUT2D eigenvalue weighted by Gasteiger charge is 2.49. The van der Waals surface area contributed by atoms with Crippen LogP contribution in [0.3, 0.4) is 0 Å². The third kappa shape index (κ3) is 2.47. The molecular weight excluding hydrogens is 265 g/mol. The Bertz CT molecular complexity index is 528. The van der Waals surface area contributed by atoms with E-state index in [1.165, 1.54) is 12.5 Å². The maximum atomic E-state index is 14.2. The van der Waals surface area contributed by atoms with Gasteiger partial charge in [0.15, 0.2) is 0 Å². The molecule has 2 fully saturated rings. The van der Waals surface area contributed by atoms with E-state index in [0.717, 1.165) is 32.4 Å². The number of hydrogen-bond acceptors (Lipinski definition) is 1. The Morgan fingerprint density at radius 3 is 2.33 bits per heavy atom. The first-order valence-corrected chi connectivity index (χ1v) is 8.07. The molecule has 2 nitrogen and oxygen atoms in total. The molecule has 0 radical (unpaired) electrons. The summed E-state index contributed by atoms with van der Waals surface area (Å²) in [5.74, 6) is 0.992. The van der Waals surface area contributed by atoms with E-state index in [1.807, 2.05) is 11.0 Å². The van der Waals surface area contributed by atoms with E-state index < -0.39 is 5.41 Å². The molecule has 1 saturated heterocycles. The average Bonchev–Trinajstić information content (AvgIpc) is 2.38. The van der Waals surface area contributed by atoms with Gasteiger partial charge in [0.25, 0.3) is 0 Å². The van der Waals surface area contributed by atoms with Crippen molar-refractivity contribution in [1.82, 2.24) is 4.90 Å². The van der Waals surface area contributed by atoms with Crippen molar-refractivity contribution in [2.45, 2.75) is 44.9 Å². The Kier molecular flexibility index (Phi) is 3.76. The molecule has 0 aromatic heterocycles. The SMILES string of the molecule is CC1CC(C)CN(C(=O)C2(c3ccccc3F)CCC2)C1. The normalized spacial score (nSPS) is 28.0. The summed E-state index contributed by atoms with van der Waals surface area (Å²) in [6, 6.07) is 6.81. The summed E-state index contributed by atoms with van der Waals surface area (Å²) in [4.78, 5) is 15.1. The van der Waals surface area contributed by atoms with Crippen LogP contribution in [0.2, 0.25) is 0 Å². The lowest BCUT2D eigenvalue weighted by atomic mass is 9.63. The Labute approximate surface area is 126 Å². The summed E-state index contributed by atoms with van der Waals surface area (Å²) in [7, 11) is 0. The van der Waals surface area contributed by atoms with Crippen LogP contribution < -0.4 is 0 Å². The molecule has 1 aromatic rings. The maximum absolute atomic E-state index is 14.2. The third-order valence-electron chi connectivity index (χ3n) is 5.16. The number of piperidine rings is 1. The Morgan fingerprint density at radius 2 is 1.81 bits per heavy atom. The van der Waals surface area contributed by atoms with Gasteiger partial charge in [-0.25, -0.2) is 4.39 Å². The van der Waals surface area contributed by atoms with Gasteiger partial charge >= 0.3 is 0 Å². The van der Waals surface area contributed by atoms with Gasteiger partial charge in [0.2, 0.25) is 5.91 Å². The highest BCUT2D eigenvalue weighted by molar-refractivity contribution is 5.89. The van der Waals surface area contributed by atoms with Gasteiger partial charge < -0.3 is 4.90 Å². The fourth-order valence-corrected chi connectivity index (χ4v) is 4.11. The number of halogens is 1. The van der Waals surface area contributed by atoms with Crippen molar-refractivity contribution in [1.29, 1.82) is 0 Å². The summed E-state index contributed by atoms with van der Waals surface area (Å²) in [5.41, 5.74) is 0.00871. The highest BCUT2D eigenvalue weighted by atomic mass is 19.1. The Morgan fingerprint density at radius 1 is 1.19 bits per heavy atom. The fourth-order valence-electron chi connectivity index (χ4n) is 4.11. The van der Waals surface area contributed by atoms with Gasteiger partial charge in [0.05, 0.1) is 5.41 Å². The van der Waals surface area contributed by atoms with Gasteiger partial charge in [-0.05, 0) is 37.2 Å². The van der Waals surface area contributed by atoms with Crippen molar-refractivity contribution in [2.24, 2.45) is 11.8 Å². The molecule has 2 aliphatic rings. The second-order valence-electron chi connectivity index (χ2n) is 7.07. The zero-order valence-corrected chi connectivity index (χ0v) is 12.9. The van der Waals surface area contributed by atoms with E-state index in [1.54, 1.807) is 12.1 Å². The molecule has 1 aliphatic heterocycles. The van der Waals surface area contributed by atoms with E-state index >= 15 is 0 Å². The van der Waals surface area contributed by atoms with Gasteiger partial charge in [0, 0.05) is 18.7 Å². The van der Waals surface area contributed by atoms with Crippen LogP contribution in [0.4, 0.5) is 4.39 Å². The molecule has 114 valence electrons. The first-order valence-electron chi connectivity index (χ1n) is 8.07. The zero-order chi connectivity index (χ0) is 15.0. The minimum atomic E-state index is -0.595. The molecule has 21 heavy (non-hydrogen) atoms. The second-order valence-corrected chi connectivity index (χ2v) is 7.07. The molecule has 1 amide bonds. The molecule has 3 heteroatoms. The molecule has 0 bridgehead atoms. The van der Waals surface area contributed by atoms with Crippen molar-refractivity contribution in [3.63, 3.8) is 0 Å². The maximum Gasteiger partial charge on any atom is 0.233 e. The summed E-state index contributed by atoms with van der Waals surface area (Å²) >= 11 is 0. The molecule has 1 aromatic carbocycles. The second kappa shape index (κ2) is 5.43. The lowest BCUT2D eigenvalue weighted by molar-refractivity contribution is -0.143. The molecular formula is C18H24FNO. The number of hydrogen-bond donors (Lipinski definition) is 0. The molecule has 1 saturated carbocycles. The van der Waals surface area contributed by atoms with Crippen LogP contribution in [-0.4, -0.2) is 23.9 Å². The first kappa shape index (κ1) is 14.6. The van der Waals surface area contributed by atoms with Gasteiger partial charge in [-0.15, -0.1) is 0 Å². The monoisotopic (exact) mass is 289 g/mol. The predicted molar refractivity (Wildman–Crippen MR) is 81.5 cm³/mol. The lowest BCUT2D eigenvalue weighted by Gasteiger charge is -2.46. The lowest BCUT2D eigenvalue weighted by Crippen LogP contribution is -2.54. The summed E-state index contributed by atoms with van der Waals surface area (Å²) in [5, 5.41) is 0. The van der Waals surface area contributed by atoms with Crippen molar-refractivity contribution in [3.8, 4) is 0 Å². The highest BCUT2D eigenvalue weighted by Crippen LogP contribution is 2.46. The minimum Gasteiger partial charge on any atom is -0.341 e. The van der Waals surface area contributed by atoms with Gasteiger partial charge in [-0.3, -0.25) is 4.79 Å². The molecule has 2 atom stereocenters. The van der Waals surface area contributed by atoms with Gasteiger partial charge in [-0.1, -0.05) is 38.5 Å². The quantitative estimate of drug-likeness (QED) is 0.812. The summed E-state index contributed by atoms with van der Waals surface area (Å²) in [6.07, 6.45) is 3.76. The molecule has 1 heterocycles. The standard InChI is InChI=1S/C18H24FNO/c1-13-10-14(2)12-20(11-13)17(21)18(8-5-9-18)15-6-3-4-7-16(15)19/h3-4,6-7,13-14H,5,8-12H2,1-2H3. The molecule has 0 spiro atoms. The van der Waals surface area contributed by atoms with Crippen LogP contribution in [0.5, 0.6) is 0 Å². The van der Waals surface area contributed by atoms with Gasteiger partial charge in [0.1, 0.15) is 5.82 Å². The fraction of sp³-hybridized carbons (Fsp3) is 0.611. The van der Waals surface area contributed by atoms with Crippen LogP contribution in [-0.2, 0) is 10.2 Å². The first-order chi connectivity index (χ1) is 10.0. The van der Waals surface area contributed by atoms with E-state index in [0.29, 0.717) is 17.4 Å². The number of benzene rings is 1. The predicted octanol–water partition coefficient (Wildman–Crippen LogP) is 3.75. The van der Waals surface area contributed by atoms with E-state index in [9.17, 15) is 9.18 Å². The molecule has 2 unspecified atom stereocenters. The van der Waals surface area contributed by atoms with Crippen molar-refractivity contribution in [3.05, 3.63) is 35.6 Å². The Hall–Kier alpha value is -1.38. The zero-order valence-electron chi connectivity index (χ0n) is 12.9. The smallest absolute Gasteiger partial charge is 0.233 e. The summed E-state index contributed by atoms with van der Waals surface area (Å²) in [6.45, 7) is 6.04. The van der Waals surface area contributed by atoms with E-state index in [2.05, 4.69) is 13.8 Å². The third-order valence-corrected chi connectivity index (χ3v) is 5.16. The minimum absolute atomic E-state index is 0.150. The van der Waals surface area contributed by atoms with Crippen LogP contribution >= 0.6 is 0 Å². The molecule has 1 aliphatic carbocycles. The van der Waals surface area contributed by atoms with Crippen molar-refractivity contribution < 1.29 is 9.18 Å². The summed E-state index contributed by atoms with van der Waals surface area (Å²) < 4.78 is 14.2. The number of nitrogens with zero attached hydrogens (tertiary/aromatic N) is 1. The number of carbonyl (C=O) groups is 1. The number of rotatable bonds is 2. The number of likely N-dealkylation sites (tertiary alicyclic amines) is 1. The average molecular weight is 289 g/mol. The van der Waals surface area contributed by atoms with Crippen molar-refractivity contribution >= 4 is 5.91 Å². The van der Waals surface area contributed by atoms with E-state index in [-0.39, 0.29) is 11.7 Å². The van der Waals surface area contributed by atoms with Gasteiger partial charge in [-0.2, -0.15) is 0 Å². The van der Waals surface area contributed by atoms with Crippen molar-refractivity contribution in [2.75, 3.05) is 13.1 Å². The van der Waals surface area contributed by atoms with Crippen LogP contribution in [0.15, 0.2) is 24.3 Å². The van der Waals surface area contributed by atoms with E-state index in [4.69, 9.17) is 0 Å².